The third-order valence-electron chi connectivity index (χ3n) is 2.96. The van der Waals surface area contributed by atoms with Crippen molar-refractivity contribution in [2.75, 3.05) is 11.9 Å². The molecule has 0 fully saturated rings. The predicted molar refractivity (Wildman–Crippen MR) is 79.9 cm³/mol. The minimum absolute atomic E-state index is 0.147. The van der Waals surface area contributed by atoms with Gasteiger partial charge in [-0.1, -0.05) is 25.1 Å². The number of aromatic hydroxyl groups is 1. The third-order valence-corrected chi connectivity index (χ3v) is 2.96. The van der Waals surface area contributed by atoms with Crippen LogP contribution in [0.5, 0.6) is 5.75 Å². The lowest BCUT2D eigenvalue weighted by atomic mass is 10.1. The van der Waals surface area contributed by atoms with Gasteiger partial charge >= 0.3 is 0 Å². The topological polar surface area (TPSA) is 61.4 Å². The first-order chi connectivity index (χ1) is 9.70. The standard InChI is InChI=1S/C16H18N2O2/c1-2-17-11-13-5-3-4-6-15(13)18-16(20)12-7-9-14(19)10-8-12/h3-10,17,19H,2,11H2,1H3,(H,18,20). The van der Waals surface area contributed by atoms with E-state index in [1.165, 1.54) is 12.1 Å². The Morgan fingerprint density at radius 1 is 1.10 bits per heavy atom. The van der Waals surface area contributed by atoms with Crippen molar-refractivity contribution in [3.8, 4) is 5.75 Å². The number of phenolic OH excluding ortho intramolecular Hbond substituents is 1. The molecule has 3 N–H and O–H groups in total. The smallest absolute Gasteiger partial charge is 0.255 e. The first-order valence-corrected chi connectivity index (χ1v) is 6.59. The van der Waals surface area contributed by atoms with E-state index in [0.29, 0.717) is 12.1 Å². The largest absolute Gasteiger partial charge is 0.508 e. The van der Waals surface area contributed by atoms with Crippen LogP contribution in [0.25, 0.3) is 0 Å². The first kappa shape index (κ1) is 14.1. The van der Waals surface area contributed by atoms with Crippen LogP contribution < -0.4 is 10.6 Å². The molecule has 0 aliphatic rings. The Morgan fingerprint density at radius 3 is 2.50 bits per heavy atom. The monoisotopic (exact) mass is 270 g/mol. The fourth-order valence-corrected chi connectivity index (χ4v) is 1.86. The molecule has 1 amide bonds. The molecule has 0 spiro atoms. The van der Waals surface area contributed by atoms with Crippen LogP contribution in [-0.4, -0.2) is 17.6 Å². The SMILES string of the molecule is CCNCc1ccccc1NC(=O)c1ccc(O)cc1. The Balaban J connectivity index is 2.13. The van der Waals surface area contributed by atoms with Gasteiger partial charge in [0.25, 0.3) is 5.91 Å². The summed E-state index contributed by atoms with van der Waals surface area (Å²) in [6.07, 6.45) is 0. The first-order valence-electron chi connectivity index (χ1n) is 6.59. The maximum atomic E-state index is 12.1. The summed E-state index contributed by atoms with van der Waals surface area (Å²) >= 11 is 0. The zero-order chi connectivity index (χ0) is 14.4. The molecule has 20 heavy (non-hydrogen) atoms. The Hall–Kier alpha value is -2.33. The Kier molecular flexibility index (Phi) is 4.74. The van der Waals surface area contributed by atoms with E-state index in [2.05, 4.69) is 10.6 Å². The highest BCUT2D eigenvalue weighted by Crippen LogP contribution is 2.17. The van der Waals surface area contributed by atoms with Crippen molar-refractivity contribution < 1.29 is 9.90 Å². The molecule has 0 aliphatic carbocycles. The summed E-state index contributed by atoms with van der Waals surface area (Å²) in [5, 5.41) is 15.4. The van der Waals surface area contributed by atoms with E-state index < -0.39 is 0 Å². The molecule has 2 aromatic carbocycles. The summed E-state index contributed by atoms with van der Waals surface area (Å²) in [6.45, 7) is 3.63. The normalized spacial score (nSPS) is 10.2. The van der Waals surface area contributed by atoms with Gasteiger partial charge in [-0.2, -0.15) is 0 Å². The van der Waals surface area contributed by atoms with Crippen LogP contribution in [0.1, 0.15) is 22.8 Å². The van der Waals surface area contributed by atoms with Gasteiger partial charge in [0.1, 0.15) is 5.75 Å². The van der Waals surface area contributed by atoms with Crippen molar-refractivity contribution >= 4 is 11.6 Å². The number of hydrogen-bond acceptors (Lipinski definition) is 3. The number of para-hydroxylation sites is 1. The zero-order valence-corrected chi connectivity index (χ0v) is 11.4. The van der Waals surface area contributed by atoms with Crippen molar-refractivity contribution in [3.63, 3.8) is 0 Å². The summed E-state index contributed by atoms with van der Waals surface area (Å²) in [6, 6.07) is 13.9. The molecule has 0 saturated carbocycles. The van der Waals surface area contributed by atoms with E-state index in [9.17, 15) is 9.90 Å². The average Bonchev–Trinajstić information content (AvgIpc) is 2.47. The van der Waals surface area contributed by atoms with E-state index in [-0.39, 0.29) is 11.7 Å². The van der Waals surface area contributed by atoms with Gasteiger partial charge in [0.05, 0.1) is 0 Å². The Bertz CT molecular complexity index is 579. The summed E-state index contributed by atoms with van der Waals surface area (Å²) in [4.78, 5) is 12.1. The quantitative estimate of drug-likeness (QED) is 0.783. The highest BCUT2D eigenvalue weighted by molar-refractivity contribution is 6.04. The number of carbonyl (C=O) groups excluding carboxylic acids is 1. The maximum absolute atomic E-state index is 12.1. The van der Waals surface area contributed by atoms with Crippen molar-refractivity contribution in [1.29, 1.82) is 0 Å². The number of phenols is 1. The molecule has 0 radical (unpaired) electrons. The third kappa shape index (κ3) is 3.59. The molecule has 0 bridgehead atoms. The maximum Gasteiger partial charge on any atom is 0.255 e. The summed E-state index contributed by atoms with van der Waals surface area (Å²) in [5.74, 6) is -0.0388. The van der Waals surface area contributed by atoms with Gasteiger partial charge in [-0.05, 0) is 42.4 Å². The number of hydrogen-bond donors (Lipinski definition) is 3. The van der Waals surface area contributed by atoms with Gasteiger partial charge in [0.15, 0.2) is 0 Å². The lowest BCUT2D eigenvalue weighted by molar-refractivity contribution is 0.102. The number of anilines is 1. The second kappa shape index (κ2) is 6.73. The molecule has 4 nitrogen and oxygen atoms in total. The molecule has 0 aliphatic heterocycles. The van der Waals surface area contributed by atoms with Crippen LogP contribution >= 0.6 is 0 Å². The molecule has 0 aromatic heterocycles. The number of carbonyl (C=O) groups is 1. The lowest BCUT2D eigenvalue weighted by Crippen LogP contribution is -2.17. The predicted octanol–water partition coefficient (Wildman–Crippen LogP) is 2.75. The van der Waals surface area contributed by atoms with Crippen LogP contribution in [0, 0.1) is 0 Å². The van der Waals surface area contributed by atoms with E-state index in [1.807, 2.05) is 31.2 Å². The molecule has 2 aromatic rings. The van der Waals surface area contributed by atoms with Gasteiger partial charge < -0.3 is 15.7 Å². The lowest BCUT2D eigenvalue weighted by Gasteiger charge is -2.11. The van der Waals surface area contributed by atoms with E-state index in [4.69, 9.17) is 0 Å². The van der Waals surface area contributed by atoms with Gasteiger partial charge in [-0.3, -0.25) is 4.79 Å². The number of benzene rings is 2. The summed E-state index contributed by atoms with van der Waals surface area (Å²) < 4.78 is 0. The molecule has 0 unspecified atom stereocenters. The fourth-order valence-electron chi connectivity index (χ4n) is 1.86. The molecule has 0 heterocycles. The number of amides is 1. The van der Waals surface area contributed by atoms with Crippen LogP contribution in [0.2, 0.25) is 0 Å². The molecular formula is C16H18N2O2. The van der Waals surface area contributed by atoms with Gasteiger partial charge in [-0.15, -0.1) is 0 Å². The number of nitrogens with one attached hydrogen (secondary N) is 2. The van der Waals surface area contributed by atoms with Crippen molar-refractivity contribution in [3.05, 3.63) is 59.7 Å². The molecule has 104 valence electrons. The van der Waals surface area contributed by atoms with Gasteiger partial charge in [0.2, 0.25) is 0 Å². The van der Waals surface area contributed by atoms with Crippen LogP contribution in [-0.2, 0) is 6.54 Å². The van der Waals surface area contributed by atoms with Crippen LogP contribution in [0.3, 0.4) is 0 Å². The van der Waals surface area contributed by atoms with Crippen molar-refractivity contribution in [2.45, 2.75) is 13.5 Å². The molecule has 0 saturated heterocycles. The van der Waals surface area contributed by atoms with Crippen LogP contribution in [0.4, 0.5) is 5.69 Å². The molecule has 4 heteroatoms. The fraction of sp³-hybridized carbons (Fsp3) is 0.188. The Morgan fingerprint density at radius 2 is 1.80 bits per heavy atom. The average molecular weight is 270 g/mol. The second-order valence-corrected chi connectivity index (χ2v) is 4.44. The minimum Gasteiger partial charge on any atom is -0.508 e. The van der Waals surface area contributed by atoms with Crippen LogP contribution in [0.15, 0.2) is 48.5 Å². The van der Waals surface area contributed by atoms with E-state index in [0.717, 1.165) is 17.8 Å². The highest BCUT2D eigenvalue weighted by atomic mass is 16.3. The number of rotatable bonds is 5. The highest BCUT2D eigenvalue weighted by Gasteiger charge is 2.08. The zero-order valence-electron chi connectivity index (χ0n) is 11.4. The Labute approximate surface area is 118 Å². The van der Waals surface area contributed by atoms with Gasteiger partial charge in [0, 0.05) is 17.8 Å². The second-order valence-electron chi connectivity index (χ2n) is 4.44. The molecular weight excluding hydrogens is 252 g/mol. The molecule has 0 atom stereocenters. The minimum atomic E-state index is -0.186. The van der Waals surface area contributed by atoms with E-state index in [1.54, 1.807) is 12.1 Å². The van der Waals surface area contributed by atoms with Gasteiger partial charge in [-0.25, -0.2) is 0 Å². The molecule has 2 rings (SSSR count). The van der Waals surface area contributed by atoms with Crippen molar-refractivity contribution in [2.24, 2.45) is 0 Å². The van der Waals surface area contributed by atoms with E-state index >= 15 is 0 Å². The summed E-state index contributed by atoms with van der Waals surface area (Å²) in [7, 11) is 0. The summed E-state index contributed by atoms with van der Waals surface area (Å²) in [5.41, 5.74) is 2.36. The van der Waals surface area contributed by atoms with Crippen molar-refractivity contribution in [1.82, 2.24) is 5.32 Å².